The first-order valence-electron chi connectivity index (χ1n) is 12.8. The molecule has 2 aromatic carbocycles. The van der Waals surface area contributed by atoms with Gasteiger partial charge in [-0.15, -0.1) is 0 Å². The van der Waals surface area contributed by atoms with Gasteiger partial charge in [-0.25, -0.2) is 4.98 Å². The molecular weight excluding hydrogens is 464 g/mol. The summed E-state index contributed by atoms with van der Waals surface area (Å²) in [5.74, 6) is 1.90. The van der Waals surface area contributed by atoms with Gasteiger partial charge in [0.15, 0.2) is 5.82 Å². The van der Waals surface area contributed by atoms with E-state index in [1.54, 1.807) is 18.0 Å². The lowest BCUT2D eigenvalue weighted by Crippen LogP contribution is -2.30. The molecular formula is C30H34N4O3. The summed E-state index contributed by atoms with van der Waals surface area (Å²) in [5.41, 5.74) is 8.83. The highest BCUT2D eigenvalue weighted by molar-refractivity contribution is 5.69. The van der Waals surface area contributed by atoms with Gasteiger partial charge in [0.05, 0.1) is 31.2 Å². The third kappa shape index (κ3) is 4.84. The summed E-state index contributed by atoms with van der Waals surface area (Å²) in [4.78, 5) is 7.36. The van der Waals surface area contributed by atoms with Crippen LogP contribution in [-0.2, 0) is 26.2 Å². The zero-order valence-corrected chi connectivity index (χ0v) is 22.0. The number of aliphatic hydroxyl groups excluding tert-OH is 1. The van der Waals surface area contributed by atoms with Crippen LogP contribution in [0, 0.1) is 13.8 Å². The molecule has 0 fully saturated rings. The van der Waals surface area contributed by atoms with E-state index < -0.39 is 0 Å². The molecule has 192 valence electrons. The highest BCUT2D eigenvalue weighted by Crippen LogP contribution is 2.34. The molecule has 1 aliphatic heterocycles. The van der Waals surface area contributed by atoms with Gasteiger partial charge in [-0.2, -0.15) is 9.78 Å². The minimum Gasteiger partial charge on any atom is -0.488 e. The maximum Gasteiger partial charge on any atom is 0.223 e. The zero-order chi connectivity index (χ0) is 25.9. The van der Waals surface area contributed by atoms with Gasteiger partial charge in [-0.3, -0.25) is 4.90 Å². The predicted molar refractivity (Wildman–Crippen MR) is 144 cm³/mol. The van der Waals surface area contributed by atoms with E-state index in [1.807, 2.05) is 30.3 Å². The molecule has 0 unspecified atom stereocenters. The Kier molecular flexibility index (Phi) is 7.26. The van der Waals surface area contributed by atoms with Gasteiger partial charge in [0.25, 0.3) is 0 Å². The second kappa shape index (κ2) is 10.7. The van der Waals surface area contributed by atoms with E-state index in [9.17, 15) is 5.11 Å². The Morgan fingerprint density at radius 2 is 1.86 bits per heavy atom. The Hall–Kier alpha value is -3.68. The first-order valence-corrected chi connectivity index (χ1v) is 12.8. The van der Waals surface area contributed by atoms with Gasteiger partial charge >= 0.3 is 0 Å². The summed E-state index contributed by atoms with van der Waals surface area (Å²) < 4.78 is 13.6. The van der Waals surface area contributed by atoms with E-state index >= 15 is 0 Å². The van der Waals surface area contributed by atoms with E-state index in [-0.39, 0.29) is 6.61 Å². The van der Waals surface area contributed by atoms with Crippen molar-refractivity contribution in [3.8, 4) is 28.7 Å². The minimum absolute atomic E-state index is 0.155. The summed E-state index contributed by atoms with van der Waals surface area (Å²) in [5, 5.41) is 14.0. The second-order valence-electron chi connectivity index (χ2n) is 9.48. The number of aromatic nitrogens is 3. The number of fused-ring (bicyclic) bond motifs is 1. The molecule has 0 atom stereocenters. The number of aryl methyl sites for hydroxylation is 1. The van der Waals surface area contributed by atoms with E-state index in [2.05, 4.69) is 49.0 Å². The maximum absolute atomic E-state index is 9.60. The number of aliphatic hydroxyl groups is 1. The van der Waals surface area contributed by atoms with Crippen LogP contribution in [0.2, 0.25) is 0 Å². The maximum atomic E-state index is 9.60. The Morgan fingerprint density at radius 3 is 2.65 bits per heavy atom. The van der Waals surface area contributed by atoms with Gasteiger partial charge in [-0.05, 0) is 72.8 Å². The number of hydrogen-bond donors (Lipinski definition) is 1. The third-order valence-electron chi connectivity index (χ3n) is 7.30. The number of likely N-dealkylation sites (N-methyl/N-ethyl adjacent to an activating group) is 1. The molecule has 37 heavy (non-hydrogen) atoms. The molecule has 2 aromatic heterocycles. The molecule has 0 aliphatic carbocycles. The van der Waals surface area contributed by atoms with Crippen LogP contribution in [0.1, 0.15) is 40.3 Å². The van der Waals surface area contributed by atoms with Gasteiger partial charge in [0.1, 0.15) is 12.4 Å². The Morgan fingerprint density at radius 1 is 1.03 bits per heavy atom. The van der Waals surface area contributed by atoms with Crippen molar-refractivity contribution in [2.24, 2.45) is 0 Å². The van der Waals surface area contributed by atoms with Crippen molar-refractivity contribution in [1.29, 1.82) is 0 Å². The molecule has 1 N–H and O–H groups in total. The molecule has 0 spiro atoms. The van der Waals surface area contributed by atoms with Crippen molar-refractivity contribution in [1.82, 2.24) is 19.7 Å². The van der Waals surface area contributed by atoms with E-state index in [4.69, 9.17) is 14.5 Å². The summed E-state index contributed by atoms with van der Waals surface area (Å²) in [6.45, 7) is 10.1. The van der Waals surface area contributed by atoms with Crippen LogP contribution in [0.15, 0.2) is 54.7 Å². The number of pyridine rings is 1. The van der Waals surface area contributed by atoms with Gasteiger partial charge in [0, 0.05) is 18.7 Å². The normalized spacial score (nSPS) is 13.4. The average molecular weight is 499 g/mol. The Labute approximate surface area is 218 Å². The largest absolute Gasteiger partial charge is 0.488 e. The van der Waals surface area contributed by atoms with Crippen LogP contribution in [0.3, 0.4) is 0 Å². The Bertz CT molecular complexity index is 1410. The second-order valence-corrected chi connectivity index (χ2v) is 9.48. The number of rotatable bonds is 8. The van der Waals surface area contributed by atoms with Crippen LogP contribution < -0.4 is 9.47 Å². The van der Waals surface area contributed by atoms with E-state index in [0.29, 0.717) is 23.9 Å². The SMILES string of the molecule is CCN1CCc2c(ccc(COc3c(C)cccc3-c3cccc(-n4ncc(CO)c4OC)n3)c2C)C1. The van der Waals surface area contributed by atoms with Crippen LogP contribution in [-0.4, -0.2) is 45.0 Å². The first kappa shape index (κ1) is 25.0. The van der Waals surface area contributed by atoms with Crippen molar-refractivity contribution in [3.05, 3.63) is 88.1 Å². The lowest BCUT2D eigenvalue weighted by molar-refractivity contribution is 0.267. The summed E-state index contributed by atoms with van der Waals surface area (Å²) >= 11 is 0. The molecule has 0 bridgehead atoms. The van der Waals surface area contributed by atoms with Crippen LogP contribution in [0.5, 0.6) is 11.6 Å². The molecule has 0 saturated carbocycles. The minimum atomic E-state index is -0.155. The summed E-state index contributed by atoms with van der Waals surface area (Å²) in [6, 6.07) is 16.4. The molecule has 1 aliphatic rings. The first-order chi connectivity index (χ1) is 18.0. The Balaban J connectivity index is 1.44. The van der Waals surface area contributed by atoms with Crippen molar-refractivity contribution in [2.45, 2.75) is 47.0 Å². The van der Waals surface area contributed by atoms with Crippen molar-refractivity contribution in [2.75, 3.05) is 20.2 Å². The number of nitrogens with zero attached hydrogens (tertiary/aromatic N) is 4. The number of methoxy groups -OCH3 is 1. The lowest BCUT2D eigenvalue weighted by Gasteiger charge is -2.29. The standard InChI is InChI=1S/C30H34N4O3/c1-5-33-15-14-25-21(3)23(13-12-22(25)17-33)19-37-29-20(2)8-6-9-26(29)27-10-7-11-28(32-27)34-30(36-4)24(18-35)16-31-34/h6-13,16,35H,5,14-15,17-19H2,1-4H3. The van der Waals surface area contributed by atoms with Gasteiger partial charge < -0.3 is 14.6 Å². The smallest absolute Gasteiger partial charge is 0.223 e. The highest BCUT2D eigenvalue weighted by Gasteiger charge is 2.19. The molecule has 0 radical (unpaired) electrons. The van der Waals surface area contributed by atoms with Crippen LogP contribution in [0.4, 0.5) is 0 Å². The lowest BCUT2D eigenvalue weighted by atomic mass is 9.92. The van der Waals surface area contributed by atoms with Crippen LogP contribution >= 0.6 is 0 Å². The molecule has 5 rings (SSSR count). The molecule has 0 amide bonds. The van der Waals surface area contributed by atoms with Crippen LogP contribution in [0.25, 0.3) is 17.1 Å². The molecule has 7 heteroatoms. The van der Waals surface area contributed by atoms with Gasteiger partial charge in [0.2, 0.25) is 5.88 Å². The fourth-order valence-electron chi connectivity index (χ4n) is 5.12. The predicted octanol–water partition coefficient (Wildman–Crippen LogP) is 5.01. The van der Waals surface area contributed by atoms with Gasteiger partial charge in [-0.1, -0.05) is 37.3 Å². The molecule has 0 saturated heterocycles. The van der Waals surface area contributed by atoms with Crippen molar-refractivity contribution in [3.63, 3.8) is 0 Å². The molecule has 4 aromatic rings. The average Bonchev–Trinajstić information content (AvgIpc) is 3.36. The number of hydrogen-bond acceptors (Lipinski definition) is 6. The number of para-hydroxylation sites is 1. The van der Waals surface area contributed by atoms with E-state index in [0.717, 1.165) is 48.6 Å². The molecule has 3 heterocycles. The number of benzene rings is 2. The summed E-state index contributed by atoms with van der Waals surface area (Å²) in [7, 11) is 1.56. The highest BCUT2D eigenvalue weighted by atomic mass is 16.5. The monoisotopic (exact) mass is 498 g/mol. The van der Waals surface area contributed by atoms with E-state index in [1.165, 1.54) is 22.3 Å². The van der Waals surface area contributed by atoms with Crippen molar-refractivity contribution >= 4 is 0 Å². The zero-order valence-electron chi connectivity index (χ0n) is 22.0. The van der Waals surface area contributed by atoms with Crippen molar-refractivity contribution < 1.29 is 14.6 Å². The number of ether oxygens (including phenoxy) is 2. The fraction of sp³-hybridized carbons (Fsp3) is 0.333. The quantitative estimate of drug-likeness (QED) is 0.368. The topological polar surface area (TPSA) is 72.6 Å². The fourth-order valence-corrected chi connectivity index (χ4v) is 5.12. The molecule has 7 nitrogen and oxygen atoms in total. The third-order valence-corrected chi connectivity index (χ3v) is 7.30. The summed E-state index contributed by atoms with van der Waals surface area (Å²) in [6.07, 6.45) is 2.68.